The first-order valence-corrected chi connectivity index (χ1v) is 7.69. The number of likely N-dealkylation sites (tertiary alicyclic amines) is 1. The molecule has 1 unspecified atom stereocenters. The second-order valence-corrected chi connectivity index (χ2v) is 5.73. The van der Waals surface area contributed by atoms with Gasteiger partial charge < -0.3 is 10.1 Å². The van der Waals surface area contributed by atoms with E-state index in [2.05, 4.69) is 5.32 Å². The van der Waals surface area contributed by atoms with E-state index in [1.807, 2.05) is 30.3 Å². The number of benzene rings is 1. The van der Waals surface area contributed by atoms with E-state index in [0.717, 1.165) is 5.56 Å². The lowest BCUT2D eigenvalue weighted by atomic mass is 10.1. The minimum absolute atomic E-state index is 0.142. The summed E-state index contributed by atoms with van der Waals surface area (Å²) in [5, 5.41) is 2.74. The molecule has 1 atom stereocenters. The Labute approximate surface area is 133 Å². The molecule has 0 aromatic heterocycles. The van der Waals surface area contributed by atoms with Crippen LogP contribution in [0.5, 0.6) is 0 Å². The third-order valence-corrected chi connectivity index (χ3v) is 3.76. The summed E-state index contributed by atoms with van der Waals surface area (Å²) in [5.41, 5.74) is 0.889. The van der Waals surface area contributed by atoms with E-state index in [4.69, 9.17) is 4.74 Å². The topological polar surface area (TPSA) is 41.6 Å². The van der Waals surface area contributed by atoms with Crippen molar-refractivity contribution in [1.29, 1.82) is 0 Å². The predicted molar refractivity (Wildman–Crippen MR) is 79.9 cm³/mol. The van der Waals surface area contributed by atoms with E-state index in [1.54, 1.807) is 0 Å². The van der Waals surface area contributed by atoms with Gasteiger partial charge in [0.1, 0.15) is 6.61 Å². The summed E-state index contributed by atoms with van der Waals surface area (Å²) in [6.45, 7) is 0.0116. The number of hydrogen-bond donors (Lipinski definition) is 1. The molecule has 1 N–H and O–H groups in total. The SMILES string of the molecule is O=C(NC1CCCN(CC(F)(F)F)CC1)OCc1ccccc1. The van der Waals surface area contributed by atoms with Crippen LogP contribution >= 0.6 is 0 Å². The molecule has 1 amide bonds. The highest BCUT2D eigenvalue weighted by Gasteiger charge is 2.31. The molecule has 1 aliphatic heterocycles. The normalized spacial score (nSPS) is 19.9. The Morgan fingerprint density at radius 1 is 1.22 bits per heavy atom. The molecule has 4 nitrogen and oxygen atoms in total. The number of hydrogen-bond acceptors (Lipinski definition) is 3. The zero-order valence-corrected chi connectivity index (χ0v) is 12.8. The third-order valence-electron chi connectivity index (χ3n) is 3.76. The number of alkyl halides is 3. The van der Waals surface area contributed by atoms with Gasteiger partial charge in [-0.05, 0) is 31.4 Å². The van der Waals surface area contributed by atoms with Crippen LogP contribution in [0.25, 0.3) is 0 Å². The number of rotatable bonds is 4. The number of alkyl carbamates (subject to hydrolysis) is 1. The number of carbonyl (C=O) groups excluding carboxylic acids is 1. The Hall–Kier alpha value is -1.76. The van der Waals surface area contributed by atoms with Gasteiger partial charge in [-0.25, -0.2) is 4.79 Å². The fourth-order valence-corrected chi connectivity index (χ4v) is 2.64. The van der Waals surface area contributed by atoms with Crippen LogP contribution in [0.2, 0.25) is 0 Å². The lowest BCUT2D eigenvalue weighted by Gasteiger charge is -2.21. The largest absolute Gasteiger partial charge is 0.445 e. The number of nitrogens with one attached hydrogen (secondary N) is 1. The van der Waals surface area contributed by atoms with E-state index in [9.17, 15) is 18.0 Å². The van der Waals surface area contributed by atoms with Crippen LogP contribution in [0.15, 0.2) is 30.3 Å². The summed E-state index contributed by atoms with van der Waals surface area (Å²) in [4.78, 5) is 13.2. The van der Waals surface area contributed by atoms with Crippen molar-refractivity contribution in [3.05, 3.63) is 35.9 Å². The van der Waals surface area contributed by atoms with E-state index in [1.165, 1.54) is 4.90 Å². The van der Waals surface area contributed by atoms with Crippen LogP contribution in [-0.4, -0.2) is 42.8 Å². The van der Waals surface area contributed by atoms with Gasteiger partial charge in [0, 0.05) is 12.6 Å². The van der Waals surface area contributed by atoms with Crippen LogP contribution in [0, 0.1) is 0 Å². The molecule has 23 heavy (non-hydrogen) atoms. The molecule has 0 radical (unpaired) electrons. The lowest BCUT2D eigenvalue weighted by molar-refractivity contribution is -0.145. The second-order valence-electron chi connectivity index (χ2n) is 5.73. The fraction of sp³-hybridized carbons (Fsp3) is 0.562. The smallest absolute Gasteiger partial charge is 0.407 e. The molecule has 1 aromatic rings. The summed E-state index contributed by atoms with van der Waals surface area (Å²) >= 11 is 0. The quantitative estimate of drug-likeness (QED) is 0.921. The second kappa shape index (κ2) is 8.19. The predicted octanol–water partition coefficient (Wildman–Crippen LogP) is 3.33. The highest BCUT2D eigenvalue weighted by atomic mass is 19.4. The molecule has 1 aromatic carbocycles. The summed E-state index contributed by atoms with van der Waals surface area (Å²) in [6.07, 6.45) is -2.92. The molecule has 1 saturated heterocycles. The molecule has 0 saturated carbocycles. The standard InChI is InChI=1S/C16H21F3N2O2/c17-16(18,19)12-21-9-4-7-14(8-10-21)20-15(22)23-11-13-5-2-1-3-6-13/h1-3,5-6,14H,4,7-12H2,(H,20,22). The Morgan fingerprint density at radius 2 is 1.96 bits per heavy atom. The summed E-state index contributed by atoms with van der Waals surface area (Å²) < 4.78 is 42.4. The van der Waals surface area contributed by atoms with Crippen molar-refractivity contribution < 1.29 is 22.7 Å². The Balaban J connectivity index is 1.72. The molecule has 1 aliphatic rings. The van der Waals surface area contributed by atoms with E-state index in [-0.39, 0.29) is 12.6 Å². The van der Waals surface area contributed by atoms with Gasteiger partial charge in [-0.1, -0.05) is 30.3 Å². The van der Waals surface area contributed by atoms with Gasteiger partial charge in [-0.2, -0.15) is 13.2 Å². The van der Waals surface area contributed by atoms with Crippen LogP contribution in [0.1, 0.15) is 24.8 Å². The summed E-state index contributed by atoms with van der Waals surface area (Å²) in [7, 11) is 0. The fourth-order valence-electron chi connectivity index (χ4n) is 2.64. The average molecular weight is 330 g/mol. The van der Waals surface area contributed by atoms with E-state index >= 15 is 0 Å². The molecule has 128 valence electrons. The lowest BCUT2D eigenvalue weighted by Crippen LogP contribution is -2.37. The Bertz CT molecular complexity index is 494. The van der Waals surface area contributed by atoms with Crippen LogP contribution in [0.4, 0.5) is 18.0 Å². The van der Waals surface area contributed by atoms with Gasteiger partial charge in [0.05, 0.1) is 6.54 Å². The van der Waals surface area contributed by atoms with Crippen molar-refractivity contribution in [2.24, 2.45) is 0 Å². The van der Waals surface area contributed by atoms with Crippen molar-refractivity contribution in [3.8, 4) is 0 Å². The molecule has 0 bridgehead atoms. The number of carbonyl (C=O) groups is 1. The monoisotopic (exact) mass is 330 g/mol. The minimum Gasteiger partial charge on any atom is -0.445 e. The van der Waals surface area contributed by atoms with Gasteiger partial charge in [0.25, 0.3) is 0 Å². The van der Waals surface area contributed by atoms with Gasteiger partial charge in [-0.15, -0.1) is 0 Å². The zero-order valence-electron chi connectivity index (χ0n) is 12.8. The number of ether oxygens (including phenoxy) is 1. The average Bonchev–Trinajstić information content (AvgIpc) is 2.70. The number of halogens is 3. The zero-order chi connectivity index (χ0) is 16.7. The first-order chi connectivity index (χ1) is 10.9. The van der Waals surface area contributed by atoms with Crippen molar-refractivity contribution in [2.45, 2.75) is 38.1 Å². The van der Waals surface area contributed by atoms with Gasteiger partial charge in [0.15, 0.2) is 0 Å². The highest BCUT2D eigenvalue weighted by molar-refractivity contribution is 5.67. The summed E-state index contributed by atoms with van der Waals surface area (Å²) in [6, 6.07) is 9.16. The van der Waals surface area contributed by atoms with Crippen molar-refractivity contribution in [3.63, 3.8) is 0 Å². The first-order valence-electron chi connectivity index (χ1n) is 7.69. The summed E-state index contributed by atoms with van der Waals surface area (Å²) in [5.74, 6) is 0. The minimum atomic E-state index is -4.18. The number of nitrogens with zero attached hydrogens (tertiary/aromatic N) is 1. The Kier molecular flexibility index (Phi) is 6.27. The van der Waals surface area contributed by atoms with E-state index < -0.39 is 18.8 Å². The molecule has 7 heteroatoms. The van der Waals surface area contributed by atoms with Crippen molar-refractivity contribution in [1.82, 2.24) is 10.2 Å². The van der Waals surface area contributed by atoms with Crippen molar-refractivity contribution in [2.75, 3.05) is 19.6 Å². The maximum absolute atomic E-state index is 12.4. The van der Waals surface area contributed by atoms with Crippen LogP contribution in [0.3, 0.4) is 0 Å². The van der Waals surface area contributed by atoms with Crippen LogP contribution < -0.4 is 5.32 Å². The van der Waals surface area contributed by atoms with Gasteiger partial charge >= 0.3 is 12.3 Å². The molecular formula is C16H21F3N2O2. The maximum atomic E-state index is 12.4. The first kappa shape index (κ1) is 17.6. The molecule has 1 heterocycles. The molecule has 0 aliphatic carbocycles. The van der Waals surface area contributed by atoms with Gasteiger partial charge in [0.2, 0.25) is 0 Å². The number of amides is 1. The van der Waals surface area contributed by atoms with Gasteiger partial charge in [-0.3, -0.25) is 4.90 Å². The maximum Gasteiger partial charge on any atom is 0.407 e. The molecule has 2 rings (SSSR count). The molecular weight excluding hydrogens is 309 g/mol. The third kappa shape index (κ3) is 6.90. The molecule has 1 fully saturated rings. The van der Waals surface area contributed by atoms with Crippen LogP contribution in [-0.2, 0) is 11.3 Å². The Morgan fingerprint density at radius 3 is 2.65 bits per heavy atom. The van der Waals surface area contributed by atoms with Crippen molar-refractivity contribution >= 4 is 6.09 Å². The molecule has 0 spiro atoms. The highest BCUT2D eigenvalue weighted by Crippen LogP contribution is 2.19. The van der Waals surface area contributed by atoms with E-state index in [0.29, 0.717) is 32.4 Å².